The zero-order valence-corrected chi connectivity index (χ0v) is 15.3. The van der Waals surface area contributed by atoms with Crippen molar-refractivity contribution in [3.63, 3.8) is 0 Å². The Morgan fingerprint density at radius 1 is 0.850 bits per heavy atom. The summed E-state index contributed by atoms with van der Waals surface area (Å²) < 4.78 is 24.0. The van der Waals surface area contributed by atoms with Crippen LogP contribution in [0.3, 0.4) is 0 Å². The largest absolute Gasteiger partial charge is 0.395 e. The van der Waals surface area contributed by atoms with Crippen LogP contribution >= 0.6 is 0 Å². The Morgan fingerprint density at radius 2 is 1.45 bits per heavy atom. The fourth-order valence-electron chi connectivity index (χ4n) is 2.33. The normalized spacial score (nSPS) is 15.3. The van der Waals surface area contributed by atoms with Gasteiger partial charge in [-0.2, -0.15) is 0 Å². The quantitative estimate of drug-likeness (QED) is 0.372. The highest BCUT2D eigenvalue weighted by atomic mass is 28.4. The number of rotatable bonds is 13. The van der Waals surface area contributed by atoms with Gasteiger partial charge in [0.05, 0.1) is 0 Å². The third-order valence-electron chi connectivity index (χ3n) is 3.09. The van der Waals surface area contributed by atoms with Crippen molar-refractivity contribution < 1.29 is 18.3 Å². The van der Waals surface area contributed by atoms with Crippen molar-refractivity contribution >= 4 is 8.56 Å². The van der Waals surface area contributed by atoms with Crippen molar-refractivity contribution in [1.82, 2.24) is 0 Å². The van der Waals surface area contributed by atoms with Crippen molar-refractivity contribution in [3.05, 3.63) is 0 Å². The van der Waals surface area contributed by atoms with Crippen molar-refractivity contribution in [1.29, 1.82) is 0 Å². The van der Waals surface area contributed by atoms with Gasteiger partial charge < -0.3 is 18.3 Å². The zero-order chi connectivity index (χ0) is 15.5. The molecule has 0 N–H and O–H groups in total. The van der Waals surface area contributed by atoms with Gasteiger partial charge in [-0.15, -0.1) is 0 Å². The minimum atomic E-state index is -2.27. The summed E-state index contributed by atoms with van der Waals surface area (Å²) in [7, 11) is -2.27. The smallest absolute Gasteiger partial charge is 0.339 e. The second kappa shape index (κ2) is 10.7. The number of hydrogen-bond donors (Lipinski definition) is 0. The highest BCUT2D eigenvalue weighted by Crippen LogP contribution is 2.30. The van der Waals surface area contributed by atoms with Gasteiger partial charge >= 0.3 is 8.56 Å². The Bertz CT molecular complexity index is 221. The molecule has 1 atom stereocenters. The molecule has 5 heteroatoms. The fourth-order valence-corrected chi connectivity index (χ4v) is 5.12. The zero-order valence-electron chi connectivity index (χ0n) is 14.3. The van der Waals surface area contributed by atoms with Crippen molar-refractivity contribution in [3.8, 4) is 0 Å². The van der Waals surface area contributed by atoms with E-state index in [0.717, 1.165) is 31.7 Å². The molecule has 0 aliphatic carbocycles. The molecule has 0 aromatic carbocycles. The summed E-state index contributed by atoms with van der Waals surface area (Å²) in [4.78, 5) is 0. The van der Waals surface area contributed by atoms with Gasteiger partial charge in [0.1, 0.15) is 0 Å². The molecule has 0 aromatic rings. The lowest BCUT2D eigenvalue weighted by atomic mass is 10.3. The molecule has 20 heavy (non-hydrogen) atoms. The van der Waals surface area contributed by atoms with Gasteiger partial charge in [-0.3, -0.25) is 0 Å². The van der Waals surface area contributed by atoms with Crippen LogP contribution in [0.4, 0.5) is 0 Å². The average Bonchev–Trinajstić information content (AvgIpc) is 2.37. The van der Waals surface area contributed by atoms with E-state index in [1.54, 1.807) is 0 Å². The molecule has 0 saturated heterocycles. The van der Waals surface area contributed by atoms with Crippen molar-refractivity contribution in [2.24, 2.45) is 0 Å². The van der Waals surface area contributed by atoms with Crippen LogP contribution in [0.5, 0.6) is 0 Å². The summed E-state index contributed by atoms with van der Waals surface area (Å²) in [6, 6.07) is 0.975. The van der Waals surface area contributed by atoms with E-state index in [0.29, 0.717) is 19.8 Å². The van der Waals surface area contributed by atoms with Crippen LogP contribution in [0.25, 0.3) is 0 Å². The van der Waals surface area contributed by atoms with E-state index in [2.05, 4.69) is 20.4 Å². The lowest BCUT2D eigenvalue weighted by Gasteiger charge is -2.39. The second-order valence-corrected chi connectivity index (χ2v) is 8.33. The Hall–Kier alpha value is 0.0569. The molecule has 0 spiro atoms. The van der Waals surface area contributed by atoms with E-state index in [4.69, 9.17) is 18.3 Å². The molecular weight excluding hydrogens is 272 g/mol. The lowest BCUT2D eigenvalue weighted by Crippen LogP contribution is -2.51. The van der Waals surface area contributed by atoms with E-state index >= 15 is 0 Å². The van der Waals surface area contributed by atoms with Gasteiger partial charge in [0.2, 0.25) is 0 Å². The Balaban J connectivity index is 5.00. The fraction of sp³-hybridized carbons (Fsp3) is 1.00. The number of unbranched alkanes of at least 4 members (excludes halogenated alkanes) is 1. The SMILES string of the molecule is CCCC[Si](C)(OCC)OC(CCC)(OCC)OCC. The van der Waals surface area contributed by atoms with Crippen molar-refractivity contribution in [2.75, 3.05) is 19.8 Å². The molecule has 0 aliphatic heterocycles. The first-order valence-electron chi connectivity index (χ1n) is 8.13. The molecule has 0 saturated carbocycles. The maximum atomic E-state index is 6.36. The second-order valence-electron chi connectivity index (χ2n) is 5.07. The predicted molar refractivity (Wildman–Crippen MR) is 84.9 cm³/mol. The summed E-state index contributed by atoms with van der Waals surface area (Å²) in [5.74, 6) is -0.928. The van der Waals surface area contributed by atoms with Crippen LogP contribution in [0, 0.1) is 0 Å². The first kappa shape index (κ1) is 20.1. The molecule has 0 aromatic heterocycles. The lowest BCUT2D eigenvalue weighted by molar-refractivity contribution is -0.353. The van der Waals surface area contributed by atoms with E-state index in [1.165, 1.54) is 0 Å². The Morgan fingerprint density at radius 3 is 1.85 bits per heavy atom. The highest BCUT2D eigenvalue weighted by molar-refractivity contribution is 6.66. The van der Waals surface area contributed by atoms with Gasteiger partial charge in [-0.05, 0) is 39.8 Å². The molecule has 0 heterocycles. The molecule has 122 valence electrons. The average molecular weight is 307 g/mol. The van der Waals surface area contributed by atoms with Crippen LogP contribution in [0.2, 0.25) is 12.6 Å². The summed E-state index contributed by atoms with van der Waals surface area (Å²) in [5, 5.41) is 0. The highest BCUT2D eigenvalue weighted by Gasteiger charge is 2.43. The third-order valence-corrected chi connectivity index (χ3v) is 5.99. The van der Waals surface area contributed by atoms with Crippen LogP contribution in [-0.2, 0) is 18.3 Å². The molecule has 0 fully saturated rings. The Labute approximate surface area is 126 Å². The summed E-state index contributed by atoms with van der Waals surface area (Å²) in [5.41, 5.74) is 0. The minimum absolute atomic E-state index is 0.574. The molecule has 1 unspecified atom stereocenters. The molecule has 4 nitrogen and oxygen atoms in total. The van der Waals surface area contributed by atoms with Gasteiger partial charge in [0, 0.05) is 26.2 Å². The summed E-state index contributed by atoms with van der Waals surface area (Å²) in [6.07, 6.45) is 3.94. The van der Waals surface area contributed by atoms with E-state index in [1.807, 2.05) is 20.8 Å². The van der Waals surface area contributed by atoms with Gasteiger partial charge in [-0.1, -0.05) is 26.7 Å². The maximum absolute atomic E-state index is 6.36. The molecule has 0 rings (SSSR count). The summed E-state index contributed by atoms with van der Waals surface area (Å²) in [6.45, 7) is 14.2. The standard InChI is InChI=1S/C15H34O4Si/c1-7-12-14-20(6,18-11-5)19-15(13-8-2,16-9-3)17-10-4/h7-14H2,1-6H3. The van der Waals surface area contributed by atoms with E-state index in [-0.39, 0.29) is 0 Å². The maximum Gasteiger partial charge on any atom is 0.339 e. The van der Waals surface area contributed by atoms with Crippen molar-refractivity contribution in [2.45, 2.75) is 78.9 Å². The first-order chi connectivity index (χ1) is 9.51. The molecule has 0 amide bonds. The van der Waals surface area contributed by atoms with E-state index in [9.17, 15) is 0 Å². The number of hydrogen-bond acceptors (Lipinski definition) is 4. The molecule has 0 radical (unpaired) electrons. The molecular formula is C15H34O4Si. The van der Waals surface area contributed by atoms with Gasteiger partial charge in [0.25, 0.3) is 5.97 Å². The van der Waals surface area contributed by atoms with Crippen LogP contribution < -0.4 is 0 Å². The van der Waals surface area contributed by atoms with E-state index < -0.39 is 14.5 Å². The first-order valence-corrected chi connectivity index (χ1v) is 10.7. The molecule has 0 aliphatic rings. The van der Waals surface area contributed by atoms with Crippen LogP contribution in [-0.4, -0.2) is 34.4 Å². The monoisotopic (exact) mass is 306 g/mol. The summed E-state index contributed by atoms with van der Waals surface area (Å²) >= 11 is 0. The van der Waals surface area contributed by atoms with Crippen LogP contribution in [0.1, 0.15) is 60.3 Å². The molecule has 0 bridgehead atoms. The predicted octanol–water partition coefficient (Wildman–Crippen LogP) is 4.44. The van der Waals surface area contributed by atoms with Gasteiger partial charge in [-0.25, -0.2) is 0 Å². The topological polar surface area (TPSA) is 36.9 Å². The Kier molecular flexibility index (Phi) is 10.8. The minimum Gasteiger partial charge on any atom is -0.395 e. The third kappa shape index (κ3) is 7.18. The van der Waals surface area contributed by atoms with Crippen LogP contribution in [0.15, 0.2) is 0 Å². The van der Waals surface area contributed by atoms with Gasteiger partial charge in [0.15, 0.2) is 0 Å². The number of ether oxygens (including phenoxy) is 2.